The zero-order valence-electron chi connectivity index (χ0n) is 4.72. The average molecular weight is 146 g/mol. The molecule has 1 aromatic rings. The highest BCUT2D eigenvalue weighted by Crippen LogP contribution is 2.11. The second kappa shape index (κ2) is 2.19. The number of aryl methyl sites for hydroxylation is 1. The third kappa shape index (κ3) is 1.10. The predicted molar refractivity (Wildman–Crippen MR) is 31.6 cm³/mol. The first kappa shape index (κ1) is 6.29. The number of oxazole rings is 1. The first-order chi connectivity index (χ1) is 4.24. The molecule has 0 spiro atoms. The molecule has 0 aliphatic heterocycles. The molecule has 0 aliphatic rings. The second-order valence-corrected chi connectivity index (χ2v) is 1.86. The van der Waals surface area contributed by atoms with Crippen molar-refractivity contribution in [2.45, 2.75) is 6.92 Å². The summed E-state index contributed by atoms with van der Waals surface area (Å²) in [5.41, 5.74) is 0.523. The number of rotatable bonds is 1. The highest BCUT2D eigenvalue weighted by Gasteiger charge is 2.04. The van der Waals surface area contributed by atoms with E-state index in [-0.39, 0.29) is 11.1 Å². The van der Waals surface area contributed by atoms with Gasteiger partial charge in [0.15, 0.2) is 12.0 Å². The van der Waals surface area contributed by atoms with E-state index in [0.29, 0.717) is 12.0 Å². The van der Waals surface area contributed by atoms with Crippen molar-refractivity contribution in [3.63, 3.8) is 0 Å². The van der Waals surface area contributed by atoms with Crippen molar-refractivity contribution in [3.8, 4) is 0 Å². The number of hydrogen-bond acceptors (Lipinski definition) is 3. The molecule has 0 radical (unpaired) electrons. The summed E-state index contributed by atoms with van der Waals surface area (Å²) in [6, 6.07) is 0. The highest BCUT2D eigenvalue weighted by atomic mass is 35.5. The topological polar surface area (TPSA) is 43.1 Å². The van der Waals surface area contributed by atoms with E-state index >= 15 is 0 Å². The van der Waals surface area contributed by atoms with Crippen LogP contribution in [0.4, 0.5) is 0 Å². The summed E-state index contributed by atoms with van der Waals surface area (Å²) >= 11 is 5.31. The van der Waals surface area contributed by atoms with Gasteiger partial charge in [-0.15, -0.1) is 0 Å². The van der Waals surface area contributed by atoms with E-state index in [1.165, 1.54) is 0 Å². The van der Waals surface area contributed by atoms with Crippen LogP contribution in [0.1, 0.15) is 16.2 Å². The molecular weight excluding hydrogens is 142 g/mol. The smallest absolute Gasteiger partial charge is 0.292 e. The molecule has 0 fully saturated rings. The standard InChI is InChI=1S/C5H4ClNO2/c1-3-4(2-8)9-5(6)7-3/h2H,1H3. The van der Waals surface area contributed by atoms with Gasteiger partial charge in [0.05, 0.1) is 5.69 Å². The Bertz CT molecular complexity index is 231. The molecule has 9 heavy (non-hydrogen) atoms. The zero-order chi connectivity index (χ0) is 6.85. The molecule has 1 heterocycles. The van der Waals surface area contributed by atoms with Gasteiger partial charge in [-0.3, -0.25) is 4.79 Å². The largest absolute Gasteiger partial charge is 0.424 e. The minimum absolute atomic E-state index is 0.00889. The molecule has 1 aromatic heterocycles. The van der Waals surface area contributed by atoms with Crippen molar-refractivity contribution in [1.82, 2.24) is 4.98 Å². The van der Waals surface area contributed by atoms with Crippen LogP contribution in [0.2, 0.25) is 5.35 Å². The van der Waals surface area contributed by atoms with Crippen LogP contribution in [0.5, 0.6) is 0 Å². The van der Waals surface area contributed by atoms with Crippen LogP contribution < -0.4 is 0 Å². The van der Waals surface area contributed by atoms with Gasteiger partial charge in [-0.05, 0) is 18.5 Å². The molecule has 0 amide bonds. The number of aldehydes is 1. The zero-order valence-corrected chi connectivity index (χ0v) is 5.47. The number of carbonyl (C=O) groups excluding carboxylic acids is 1. The first-order valence-electron chi connectivity index (χ1n) is 2.32. The minimum atomic E-state index is 0.00889. The normalized spacial score (nSPS) is 9.56. The first-order valence-corrected chi connectivity index (χ1v) is 2.70. The Morgan fingerprint density at radius 2 is 2.44 bits per heavy atom. The molecule has 1 rings (SSSR count). The Labute approximate surface area is 56.6 Å². The molecule has 4 heteroatoms. The van der Waals surface area contributed by atoms with Gasteiger partial charge in [0.1, 0.15) is 0 Å². The van der Waals surface area contributed by atoms with Gasteiger partial charge < -0.3 is 4.42 Å². The van der Waals surface area contributed by atoms with Gasteiger partial charge in [-0.2, -0.15) is 0 Å². The van der Waals surface area contributed by atoms with Crippen LogP contribution in [0.15, 0.2) is 4.42 Å². The van der Waals surface area contributed by atoms with Crippen molar-refractivity contribution in [2.75, 3.05) is 0 Å². The highest BCUT2D eigenvalue weighted by molar-refractivity contribution is 6.27. The van der Waals surface area contributed by atoms with E-state index in [2.05, 4.69) is 9.40 Å². The summed E-state index contributed by atoms with van der Waals surface area (Å²) in [7, 11) is 0. The Morgan fingerprint density at radius 3 is 2.67 bits per heavy atom. The third-order valence-electron chi connectivity index (χ3n) is 0.913. The lowest BCUT2D eigenvalue weighted by molar-refractivity contribution is 0.110. The van der Waals surface area contributed by atoms with Gasteiger partial charge >= 0.3 is 0 Å². The summed E-state index contributed by atoms with van der Waals surface area (Å²) in [4.78, 5) is 13.7. The van der Waals surface area contributed by atoms with Crippen LogP contribution in [0, 0.1) is 6.92 Å². The molecule has 0 aliphatic carbocycles. The monoisotopic (exact) mass is 145 g/mol. The summed E-state index contributed by atoms with van der Waals surface area (Å²) in [6.07, 6.45) is 0.578. The molecular formula is C5H4ClNO2. The number of carbonyl (C=O) groups is 1. The van der Waals surface area contributed by atoms with E-state index in [4.69, 9.17) is 11.6 Å². The van der Waals surface area contributed by atoms with E-state index < -0.39 is 0 Å². The van der Waals surface area contributed by atoms with Crippen molar-refractivity contribution in [1.29, 1.82) is 0 Å². The minimum Gasteiger partial charge on any atom is -0.424 e. The van der Waals surface area contributed by atoms with Crippen LogP contribution in [-0.2, 0) is 0 Å². The lowest BCUT2D eigenvalue weighted by Crippen LogP contribution is -1.77. The summed E-state index contributed by atoms with van der Waals surface area (Å²) in [5, 5.41) is 0.00889. The Morgan fingerprint density at radius 1 is 1.78 bits per heavy atom. The Balaban J connectivity index is 3.15. The fraction of sp³-hybridized carbons (Fsp3) is 0.200. The van der Waals surface area contributed by atoms with E-state index in [1.54, 1.807) is 6.92 Å². The maximum Gasteiger partial charge on any atom is 0.292 e. The summed E-state index contributed by atoms with van der Waals surface area (Å²) in [5.74, 6) is 0.194. The van der Waals surface area contributed by atoms with Gasteiger partial charge in [0.25, 0.3) is 5.35 Å². The third-order valence-corrected chi connectivity index (χ3v) is 1.08. The van der Waals surface area contributed by atoms with E-state index in [9.17, 15) is 4.79 Å². The molecule has 0 saturated carbocycles. The van der Waals surface area contributed by atoms with E-state index in [0.717, 1.165) is 0 Å². The van der Waals surface area contributed by atoms with Crippen molar-refractivity contribution in [2.24, 2.45) is 0 Å². The average Bonchev–Trinajstić information content (AvgIpc) is 2.10. The number of aromatic nitrogens is 1. The lowest BCUT2D eigenvalue weighted by Gasteiger charge is -1.75. The fourth-order valence-corrected chi connectivity index (χ4v) is 0.694. The predicted octanol–water partition coefficient (Wildman–Crippen LogP) is 1.45. The fourth-order valence-electron chi connectivity index (χ4n) is 0.484. The Kier molecular flexibility index (Phi) is 1.53. The van der Waals surface area contributed by atoms with Gasteiger partial charge in [0, 0.05) is 0 Å². The van der Waals surface area contributed by atoms with Crippen LogP contribution >= 0.6 is 11.6 Å². The number of hydrogen-bond donors (Lipinski definition) is 0. The van der Waals surface area contributed by atoms with Crippen LogP contribution in [0.3, 0.4) is 0 Å². The van der Waals surface area contributed by atoms with Crippen molar-refractivity contribution < 1.29 is 9.21 Å². The maximum atomic E-state index is 10.0. The number of nitrogens with zero attached hydrogens (tertiary/aromatic N) is 1. The molecule has 0 N–H and O–H groups in total. The lowest BCUT2D eigenvalue weighted by atomic mass is 10.4. The molecule has 0 saturated heterocycles. The molecule has 0 unspecified atom stereocenters. The maximum absolute atomic E-state index is 10.0. The quantitative estimate of drug-likeness (QED) is 0.562. The van der Waals surface area contributed by atoms with Gasteiger partial charge in [0.2, 0.25) is 0 Å². The summed E-state index contributed by atoms with van der Waals surface area (Å²) < 4.78 is 4.65. The SMILES string of the molecule is Cc1nc(Cl)oc1C=O. The van der Waals surface area contributed by atoms with Crippen molar-refractivity contribution in [3.05, 3.63) is 16.8 Å². The number of halogens is 1. The van der Waals surface area contributed by atoms with Gasteiger partial charge in [-0.1, -0.05) is 0 Å². The van der Waals surface area contributed by atoms with Crippen LogP contribution in [-0.4, -0.2) is 11.3 Å². The molecule has 48 valence electrons. The van der Waals surface area contributed by atoms with Gasteiger partial charge in [-0.25, -0.2) is 4.98 Å². The second-order valence-electron chi connectivity index (χ2n) is 1.53. The Hall–Kier alpha value is -0.830. The molecule has 0 aromatic carbocycles. The molecule has 0 atom stereocenters. The summed E-state index contributed by atoms with van der Waals surface area (Å²) in [6.45, 7) is 1.65. The van der Waals surface area contributed by atoms with E-state index in [1.807, 2.05) is 0 Å². The molecule has 0 bridgehead atoms. The molecule has 3 nitrogen and oxygen atoms in total. The van der Waals surface area contributed by atoms with Crippen molar-refractivity contribution >= 4 is 17.9 Å². The van der Waals surface area contributed by atoms with Crippen LogP contribution in [0.25, 0.3) is 0 Å².